The number of hydrogen-bond donors (Lipinski definition) is 1. The van der Waals surface area contributed by atoms with E-state index >= 15 is 0 Å². The maximum Gasteiger partial charge on any atom is 0.213 e. The normalized spacial score (nSPS) is 20.7. The number of nitrogens with two attached hydrogens (primary N) is 1. The van der Waals surface area contributed by atoms with Gasteiger partial charge in [-0.25, -0.2) is 4.98 Å². The van der Waals surface area contributed by atoms with Crippen LogP contribution in [0.5, 0.6) is 5.88 Å². The summed E-state index contributed by atoms with van der Waals surface area (Å²) in [5.74, 6) is 0.678. The minimum absolute atomic E-state index is 0.671. The molecule has 4 nitrogen and oxygen atoms in total. The van der Waals surface area contributed by atoms with Gasteiger partial charge in [-0.15, -0.1) is 0 Å². The lowest BCUT2D eigenvalue weighted by Gasteiger charge is -2.19. The van der Waals surface area contributed by atoms with Gasteiger partial charge < -0.3 is 15.4 Å². The molecule has 1 atom stereocenters. The highest BCUT2D eigenvalue weighted by Crippen LogP contribution is 2.19. The SMILES string of the molecule is Cc1cc(OCCC2CCCN2C)ncc1N. The van der Waals surface area contributed by atoms with E-state index in [0.29, 0.717) is 17.6 Å². The lowest BCUT2D eigenvalue weighted by molar-refractivity contribution is 0.228. The summed E-state index contributed by atoms with van der Waals surface area (Å²) in [4.78, 5) is 6.57. The number of ether oxygens (including phenoxy) is 1. The van der Waals surface area contributed by atoms with E-state index in [2.05, 4.69) is 16.9 Å². The van der Waals surface area contributed by atoms with Gasteiger partial charge in [0.15, 0.2) is 0 Å². The van der Waals surface area contributed by atoms with Crippen LogP contribution in [-0.2, 0) is 0 Å². The van der Waals surface area contributed by atoms with Gasteiger partial charge in [-0.05, 0) is 45.3 Å². The van der Waals surface area contributed by atoms with E-state index < -0.39 is 0 Å². The maximum atomic E-state index is 5.71. The second-order valence-electron chi connectivity index (χ2n) is 4.79. The third-order valence-electron chi connectivity index (χ3n) is 3.50. The zero-order valence-electron chi connectivity index (χ0n) is 10.6. The molecule has 17 heavy (non-hydrogen) atoms. The summed E-state index contributed by atoms with van der Waals surface area (Å²) in [5, 5.41) is 0. The molecule has 1 aliphatic heterocycles. The fourth-order valence-corrected chi connectivity index (χ4v) is 2.26. The predicted octanol–water partition coefficient (Wildman–Crippen LogP) is 1.84. The van der Waals surface area contributed by atoms with Crippen molar-refractivity contribution in [2.75, 3.05) is 25.9 Å². The number of nitrogens with zero attached hydrogens (tertiary/aromatic N) is 2. The van der Waals surface area contributed by atoms with E-state index in [9.17, 15) is 0 Å². The fourth-order valence-electron chi connectivity index (χ4n) is 2.26. The Morgan fingerprint density at radius 1 is 1.59 bits per heavy atom. The Morgan fingerprint density at radius 2 is 2.41 bits per heavy atom. The number of aryl methyl sites for hydroxylation is 1. The number of nitrogen functional groups attached to an aromatic ring is 1. The average Bonchev–Trinajstić information content (AvgIpc) is 2.70. The van der Waals surface area contributed by atoms with Crippen molar-refractivity contribution in [1.82, 2.24) is 9.88 Å². The summed E-state index contributed by atoms with van der Waals surface area (Å²) in [6, 6.07) is 2.57. The fraction of sp³-hybridized carbons (Fsp3) is 0.615. The van der Waals surface area contributed by atoms with Crippen LogP contribution in [0, 0.1) is 6.92 Å². The topological polar surface area (TPSA) is 51.4 Å². The van der Waals surface area contributed by atoms with Gasteiger partial charge in [0.1, 0.15) is 0 Å². The predicted molar refractivity (Wildman–Crippen MR) is 69.2 cm³/mol. The molecule has 1 fully saturated rings. The van der Waals surface area contributed by atoms with Crippen LogP contribution in [0.4, 0.5) is 5.69 Å². The number of rotatable bonds is 4. The first-order valence-electron chi connectivity index (χ1n) is 6.22. The molecular weight excluding hydrogens is 214 g/mol. The zero-order valence-corrected chi connectivity index (χ0v) is 10.6. The van der Waals surface area contributed by atoms with E-state index in [1.807, 2.05) is 13.0 Å². The Hall–Kier alpha value is -1.29. The molecule has 1 aromatic rings. The van der Waals surface area contributed by atoms with Crippen LogP contribution >= 0.6 is 0 Å². The summed E-state index contributed by atoms with van der Waals surface area (Å²) in [6.07, 6.45) is 5.32. The number of pyridine rings is 1. The molecule has 1 aliphatic rings. The summed E-state index contributed by atoms with van der Waals surface area (Å²) < 4.78 is 5.66. The second-order valence-corrected chi connectivity index (χ2v) is 4.79. The van der Waals surface area contributed by atoms with Gasteiger partial charge >= 0.3 is 0 Å². The first kappa shape index (κ1) is 12.2. The Bertz CT molecular complexity index is 381. The van der Waals surface area contributed by atoms with Gasteiger partial charge in [-0.2, -0.15) is 0 Å². The monoisotopic (exact) mass is 235 g/mol. The molecule has 1 unspecified atom stereocenters. The Balaban J connectivity index is 1.79. The second kappa shape index (κ2) is 5.36. The van der Waals surface area contributed by atoms with Gasteiger partial charge in [-0.3, -0.25) is 0 Å². The molecule has 0 saturated carbocycles. The van der Waals surface area contributed by atoms with Crippen LogP contribution in [0.2, 0.25) is 0 Å². The van der Waals surface area contributed by atoms with Crippen LogP contribution < -0.4 is 10.5 Å². The average molecular weight is 235 g/mol. The molecule has 0 spiro atoms. The molecule has 2 N–H and O–H groups in total. The Labute approximate surface area is 103 Å². The molecule has 94 valence electrons. The summed E-state index contributed by atoms with van der Waals surface area (Å²) in [7, 11) is 2.18. The molecular formula is C13H21N3O. The van der Waals surface area contributed by atoms with Crippen LogP contribution in [0.25, 0.3) is 0 Å². The molecule has 0 aliphatic carbocycles. The van der Waals surface area contributed by atoms with Crippen molar-refractivity contribution in [3.05, 3.63) is 17.8 Å². The quantitative estimate of drug-likeness (QED) is 0.865. The largest absolute Gasteiger partial charge is 0.478 e. The molecule has 4 heteroatoms. The highest BCUT2D eigenvalue weighted by atomic mass is 16.5. The van der Waals surface area contributed by atoms with Gasteiger partial charge in [0.05, 0.1) is 18.5 Å². The number of aromatic nitrogens is 1. The van der Waals surface area contributed by atoms with Crippen LogP contribution in [0.1, 0.15) is 24.8 Å². The van der Waals surface area contributed by atoms with Crippen molar-refractivity contribution < 1.29 is 4.74 Å². The Kier molecular flexibility index (Phi) is 3.84. The highest BCUT2D eigenvalue weighted by Gasteiger charge is 2.20. The van der Waals surface area contributed by atoms with E-state index in [-0.39, 0.29) is 0 Å². The van der Waals surface area contributed by atoms with E-state index in [1.54, 1.807) is 6.20 Å². The van der Waals surface area contributed by atoms with Gasteiger partial charge in [0, 0.05) is 12.1 Å². The number of anilines is 1. The molecule has 2 rings (SSSR count). The van der Waals surface area contributed by atoms with E-state index in [0.717, 1.165) is 18.6 Å². The first-order chi connectivity index (χ1) is 8.16. The molecule has 1 saturated heterocycles. The highest BCUT2D eigenvalue weighted by molar-refractivity contribution is 5.45. The molecule has 2 heterocycles. The van der Waals surface area contributed by atoms with Crippen LogP contribution in [-0.4, -0.2) is 36.1 Å². The van der Waals surface area contributed by atoms with Crippen molar-refractivity contribution in [2.45, 2.75) is 32.2 Å². The Morgan fingerprint density at radius 3 is 3.06 bits per heavy atom. The standard InChI is InChI=1S/C13H21N3O/c1-10-8-13(15-9-12(10)14)17-7-5-11-4-3-6-16(11)2/h8-9,11H,3-7,14H2,1-2H3. The minimum Gasteiger partial charge on any atom is -0.478 e. The lowest BCUT2D eigenvalue weighted by Crippen LogP contribution is -2.26. The summed E-state index contributed by atoms with van der Waals surface area (Å²) >= 11 is 0. The lowest BCUT2D eigenvalue weighted by atomic mass is 10.1. The van der Waals surface area contributed by atoms with Gasteiger partial charge in [0.2, 0.25) is 5.88 Å². The van der Waals surface area contributed by atoms with Crippen LogP contribution in [0.3, 0.4) is 0 Å². The number of hydrogen-bond acceptors (Lipinski definition) is 4. The summed E-state index contributed by atoms with van der Waals surface area (Å²) in [6.45, 7) is 3.91. The van der Waals surface area contributed by atoms with Crippen LogP contribution in [0.15, 0.2) is 12.3 Å². The molecule has 0 bridgehead atoms. The third-order valence-corrected chi connectivity index (χ3v) is 3.50. The van der Waals surface area contributed by atoms with E-state index in [1.165, 1.54) is 19.4 Å². The molecule has 0 aromatic carbocycles. The third kappa shape index (κ3) is 3.09. The number of likely N-dealkylation sites (tertiary alicyclic amines) is 1. The van der Waals surface area contributed by atoms with Gasteiger partial charge in [-0.1, -0.05) is 0 Å². The van der Waals surface area contributed by atoms with Crippen molar-refractivity contribution in [3.8, 4) is 5.88 Å². The van der Waals surface area contributed by atoms with Crippen molar-refractivity contribution >= 4 is 5.69 Å². The minimum atomic E-state index is 0.671. The summed E-state index contributed by atoms with van der Waals surface area (Å²) in [5.41, 5.74) is 7.45. The molecule has 1 aromatic heterocycles. The van der Waals surface area contributed by atoms with Crippen molar-refractivity contribution in [1.29, 1.82) is 0 Å². The van der Waals surface area contributed by atoms with Gasteiger partial charge in [0.25, 0.3) is 0 Å². The molecule has 0 radical (unpaired) electrons. The van der Waals surface area contributed by atoms with Crippen molar-refractivity contribution in [2.24, 2.45) is 0 Å². The van der Waals surface area contributed by atoms with Crippen molar-refractivity contribution in [3.63, 3.8) is 0 Å². The smallest absolute Gasteiger partial charge is 0.213 e. The first-order valence-corrected chi connectivity index (χ1v) is 6.22. The van der Waals surface area contributed by atoms with E-state index in [4.69, 9.17) is 10.5 Å². The zero-order chi connectivity index (χ0) is 12.3. The molecule has 0 amide bonds. The maximum absolute atomic E-state index is 5.71.